The lowest BCUT2D eigenvalue weighted by molar-refractivity contribution is 0.108. The highest BCUT2D eigenvalue weighted by Gasteiger charge is 2.41. The molecule has 1 N–H and O–H groups in total. The molecule has 2 aliphatic rings. The van der Waals surface area contributed by atoms with Crippen molar-refractivity contribution in [3.05, 3.63) is 35.9 Å². The van der Waals surface area contributed by atoms with E-state index in [0.717, 1.165) is 5.92 Å². The molecule has 0 radical (unpaired) electrons. The Morgan fingerprint density at radius 3 is 2.59 bits per heavy atom. The van der Waals surface area contributed by atoms with Crippen molar-refractivity contribution in [3.63, 3.8) is 0 Å². The molecule has 17 heavy (non-hydrogen) atoms. The van der Waals surface area contributed by atoms with Gasteiger partial charge in [-0.25, -0.2) is 0 Å². The van der Waals surface area contributed by atoms with Crippen LogP contribution < -0.4 is 5.32 Å². The Kier molecular flexibility index (Phi) is 3.19. The van der Waals surface area contributed by atoms with Crippen molar-refractivity contribution in [1.29, 1.82) is 0 Å². The molecular formula is C16H23N. The monoisotopic (exact) mass is 229 g/mol. The molecule has 1 saturated heterocycles. The Balaban J connectivity index is 1.89. The Morgan fingerprint density at radius 1 is 1.00 bits per heavy atom. The van der Waals surface area contributed by atoms with Crippen molar-refractivity contribution in [1.82, 2.24) is 5.32 Å². The quantitative estimate of drug-likeness (QED) is 0.774. The first-order valence-corrected chi connectivity index (χ1v) is 7.16. The van der Waals surface area contributed by atoms with E-state index in [2.05, 4.69) is 35.6 Å². The molecule has 1 aliphatic carbocycles. The zero-order valence-corrected chi connectivity index (χ0v) is 10.6. The zero-order valence-electron chi connectivity index (χ0n) is 10.6. The van der Waals surface area contributed by atoms with E-state index in [9.17, 15) is 0 Å². The van der Waals surface area contributed by atoms with Gasteiger partial charge in [0.1, 0.15) is 0 Å². The number of nitrogens with one attached hydrogen (secondary N) is 1. The van der Waals surface area contributed by atoms with Gasteiger partial charge in [-0.3, -0.25) is 0 Å². The van der Waals surface area contributed by atoms with Crippen LogP contribution in [0.4, 0.5) is 0 Å². The van der Waals surface area contributed by atoms with E-state index in [0.29, 0.717) is 5.41 Å². The van der Waals surface area contributed by atoms with Gasteiger partial charge in [-0.1, -0.05) is 43.2 Å². The van der Waals surface area contributed by atoms with Gasteiger partial charge in [0.25, 0.3) is 0 Å². The van der Waals surface area contributed by atoms with E-state index in [1.54, 1.807) is 5.56 Å². The van der Waals surface area contributed by atoms with E-state index >= 15 is 0 Å². The molecule has 0 aromatic heterocycles. The van der Waals surface area contributed by atoms with Gasteiger partial charge in [-0.15, -0.1) is 0 Å². The lowest BCUT2D eigenvalue weighted by Crippen LogP contribution is -2.45. The van der Waals surface area contributed by atoms with Gasteiger partial charge in [0.2, 0.25) is 0 Å². The van der Waals surface area contributed by atoms with Gasteiger partial charge in [-0.2, -0.15) is 0 Å². The van der Waals surface area contributed by atoms with E-state index in [-0.39, 0.29) is 0 Å². The second kappa shape index (κ2) is 4.81. The third kappa shape index (κ3) is 2.13. The molecule has 92 valence electrons. The summed E-state index contributed by atoms with van der Waals surface area (Å²) in [7, 11) is 0. The summed E-state index contributed by atoms with van der Waals surface area (Å²) in [6.07, 6.45) is 8.47. The number of rotatable bonds is 1. The van der Waals surface area contributed by atoms with Gasteiger partial charge in [0.15, 0.2) is 0 Å². The third-order valence-corrected chi connectivity index (χ3v) is 4.86. The number of piperidine rings is 1. The molecule has 1 nitrogen and oxygen atoms in total. The summed E-state index contributed by atoms with van der Waals surface area (Å²) in [6, 6.07) is 11.2. The number of hydrogen-bond acceptors (Lipinski definition) is 1. The molecule has 1 heterocycles. The normalized spacial score (nSPS) is 33.8. The van der Waals surface area contributed by atoms with Crippen LogP contribution in [0.2, 0.25) is 0 Å². The summed E-state index contributed by atoms with van der Waals surface area (Å²) in [5.74, 6) is 0.797. The van der Waals surface area contributed by atoms with Crippen molar-refractivity contribution >= 4 is 0 Å². The van der Waals surface area contributed by atoms with E-state index in [1.807, 2.05) is 0 Å². The van der Waals surface area contributed by atoms with E-state index in [1.165, 1.54) is 51.6 Å². The Morgan fingerprint density at radius 2 is 1.82 bits per heavy atom. The van der Waals surface area contributed by atoms with Crippen molar-refractivity contribution in [2.45, 2.75) is 44.4 Å². The number of benzene rings is 1. The van der Waals surface area contributed by atoms with Gasteiger partial charge >= 0.3 is 0 Å². The maximum atomic E-state index is 3.65. The van der Waals surface area contributed by atoms with Crippen molar-refractivity contribution in [3.8, 4) is 0 Å². The van der Waals surface area contributed by atoms with Gasteiger partial charge in [0.05, 0.1) is 0 Å². The van der Waals surface area contributed by atoms with Crippen LogP contribution in [-0.4, -0.2) is 13.1 Å². The summed E-state index contributed by atoms with van der Waals surface area (Å²) >= 11 is 0. The van der Waals surface area contributed by atoms with E-state index in [4.69, 9.17) is 0 Å². The molecule has 1 saturated carbocycles. The van der Waals surface area contributed by atoms with Crippen LogP contribution >= 0.6 is 0 Å². The fraction of sp³-hybridized carbons (Fsp3) is 0.625. The molecule has 0 bridgehead atoms. The standard InChI is InChI=1S/C16H23N/c1-2-7-14(8-3-1)15-9-4-5-10-16(15)11-6-12-17-13-16/h1-3,7-8,15,17H,4-6,9-13H2. The summed E-state index contributed by atoms with van der Waals surface area (Å²) in [5, 5.41) is 3.65. The SMILES string of the molecule is c1ccc(C2CCCCC23CCCNC3)cc1. The Bertz CT molecular complexity index is 343. The molecule has 1 aromatic carbocycles. The Labute approximate surface area is 105 Å². The third-order valence-electron chi connectivity index (χ3n) is 4.86. The zero-order chi connectivity index (χ0) is 11.6. The lowest BCUT2D eigenvalue weighted by Gasteiger charge is -2.47. The average molecular weight is 229 g/mol. The van der Waals surface area contributed by atoms with Crippen LogP contribution in [-0.2, 0) is 0 Å². The first kappa shape index (κ1) is 11.3. The van der Waals surface area contributed by atoms with Gasteiger partial charge in [0, 0.05) is 6.54 Å². The molecule has 1 aromatic rings. The topological polar surface area (TPSA) is 12.0 Å². The largest absolute Gasteiger partial charge is 0.316 e. The highest BCUT2D eigenvalue weighted by atomic mass is 14.9. The Hall–Kier alpha value is -0.820. The maximum Gasteiger partial charge on any atom is 0.00137 e. The predicted octanol–water partition coefficient (Wildman–Crippen LogP) is 3.71. The minimum absolute atomic E-state index is 0.567. The minimum Gasteiger partial charge on any atom is -0.316 e. The van der Waals surface area contributed by atoms with Crippen molar-refractivity contribution in [2.24, 2.45) is 5.41 Å². The molecule has 2 atom stereocenters. The van der Waals surface area contributed by atoms with Crippen LogP contribution in [0, 0.1) is 5.41 Å². The molecule has 2 unspecified atom stereocenters. The van der Waals surface area contributed by atoms with Crippen LogP contribution in [0.1, 0.15) is 50.0 Å². The first-order chi connectivity index (χ1) is 8.41. The summed E-state index contributed by atoms with van der Waals surface area (Å²) in [6.45, 7) is 2.47. The average Bonchev–Trinajstić information content (AvgIpc) is 2.41. The predicted molar refractivity (Wildman–Crippen MR) is 72.2 cm³/mol. The van der Waals surface area contributed by atoms with Gasteiger partial charge in [-0.05, 0) is 49.1 Å². The molecule has 1 heteroatoms. The first-order valence-electron chi connectivity index (χ1n) is 7.16. The fourth-order valence-electron chi connectivity index (χ4n) is 4.01. The lowest BCUT2D eigenvalue weighted by atomic mass is 9.61. The molecule has 1 aliphatic heterocycles. The number of hydrogen-bond donors (Lipinski definition) is 1. The smallest absolute Gasteiger partial charge is 0.00137 e. The second-order valence-electron chi connectivity index (χ2n) is 5.85. The molecule has 0 amide bonds. The second-order valence-corrected chi connectivity index (χ2v) is 5.85. The summed E-state index contributed by atoms with van der Waals surface area (Å²) in [5.41, 5.74) is 2.15. The summed E-state index contributed by atoms with van der Waals surface area (Å²) < 4.78 is 0. The summed E-state index contributed by atoms with van der Waals surface area (Å²) in [4.78, 5) is 0. The molecule has 3 rings (SSSR count). The maximum absolute atomic E-state index is 3.65. The molecule has 2 fully saturated rings. The molecule has 1 spiro atoms. The molecular weight excluding hydrogens is 206 g/mol. The van der Waals surface area contributed by atoms with E-state index < -0.39 is 0 Å². The van der Waals surface area contributed by atoms with Crippen molar-refractivity contribution < 1.29 is 0 Å². The van der Waals surface area contributed by atoms with Gasteiger partial charge < -0.3 is 5.32 Å². The van der Waals surface area contributed by atoms with Crippen LogP contribution in [0.3, 0.4) is 0 Å². The van der Waals surface area contributed by atoms with Crippen LogP contribution in [0.25, 0.3) is 0 Å². The minimum atomic E-state index is 0.567. The highest BCUT2D eigenvalue weighted by molar-refractivity contribution is 5.23. The van der Waals surface area contributed by atoms with Crippen LogP contribution in [0.5, 0.6) is 0 Å². The van der Waals surface area contributed by atoms with Crippen molar-refractivity contribution in [2.75, 3.05) is 13.1 Å². The fourth-order valence-corrected chi connectivity index (χ4v) is 4.01. The van der Waals surface area contributed by atoms with Crippen LogP contribution in [0.15, 0.2) is 30.3 Å². The highest BCUT2D eigenvalue weighted by Crippen LogP contribution is 2.50.